The zero-order valence-electron chi connectivity index (χ0n) is 9.88. The quantitative estimate of drug-likeness (QED) is 0.541. The average Bonchev–Trinajstić information content (AvgIpc) is 2.07. The van der Waals surface area contributed by atoms with Crippen LogP contribution in [0.15, 0.2) is 23.8 Å². The highest BCUT2D eigenvalue weighted by molar-refractivity contribution is 5.30. The highest BCUT2D eigenvalue weighted by Crippen LogP contribution is 2.28. The molecule has 0 aromatic heterocycles. The Bertz CT molecular complexity index is 309. The molecule has 3 atom stereocenters. The van der Waals surface area contributed by atoms with Crippen LogP contribution >= 0.6 is 0 Å². The summed E-state index contributed by atoms with van der Waals surface area (Å²) in [5.74, 6) is 0. The largest absolute Gasteiger partial charge is 0.388 e. The standard InChI is InChI=1S/C12H20O4/c1-11(2,15)5-4-8-6-10(14)12(3,16)7-9(8)13/h4-6,9-10,13-16H,7H2,1-3H3/b5-4+/t9-,10+,12-/m1/s1. The van der Waals surface area contributed by atoms with Gasteiger partial charge in [-0.3, -0.25) is 0 Å². The van der Waals surface area contributed by atoms with Crippen molar-refractivity contribution in [2.45, 2.75) is 50.6 Å². The number of aliphatic hydroxyl groups excluding tert-OH is 2. The van der Waals surface area contributed by atoms with Crippen molar-refractivity contribution < 1.29 is 20.4 Å². The lowest BCUT2D eigenvalue weighted by Crippen LogP contribution is -2.45. The number of rotatable bonds is 2. The van der Waals surface area contributed by atoms with Crippen molar-refractivity contribution in [1.29, 1.82) is 0 Å². The third-order valence-corrected chi connectivity index (χ3v) is 2.66. The molecule has 0 radical (unpaired) electrons. The Morgan fingerprint density at radius 1 is 1.44 bits per heavy atom. The first-order chi connectivity index (χ1) is 7.12. The van der Waals surface area contributed by atoms with Crippen LogP contribution < -0.4 is 0 Å². The second-order valence-corrected chi connectivity index (χ2v) is 5.18. The summed E-state index contributed by atoms with van der Waals surface area (Å²) in [7, 11) is 0. The third-order valence-electron chi connectivity index (χ3n) is 2.66. The SMILES string of the molecule is CC(C)(O)/C=C/C1=C[C@H](O)[C@](C)(O)C[C@H]1O. The minimum atomic E-state index is -1.30. The van der Waals surface area contributed by atoms with Gasteiger partial charge in [0.2, 0.25) is 0 Å². The van der Waals surface area contributed by atoms with Crippen molar-refractivity contribution in [2.75, 3.05) is 0 Å². The molecule has 0 fully saturated rings. The molecule has 0 saturated carbocycles. The van der Waals surface area contributed by atoms with Gasteiger partial charge in [0, 0.05) is 6.42 Å². The maximum absolute atomic E-state index is 9.75. The van der Waals surface area contributed by atoms with E-state index in [1.165, 1.54) is 19.1 Å². The number of aliphatic hydroxyl groups is 4. The summed E-state index contributed by atoms with van der Waals surface area (Å²) in [6, 6.07) is 0. The zero-order chi connectivity index (χ0) is 12.6. The predicted octanol–water partition coefficient (Wildman–Crippen LogP) is 0.116. The average molecular weight is 228 g/mol. The van der Waals surface area contributed by atoms with E-state index in [2.05, 4.69) is 0 Å². The van der Waals surface area contributed by atoms with Crippen molar-refractivity contribution >= 4 is 0 Å². The van der Waals surface area contributed by atoms with Gasteiger partial charge >= 0.3 is 0 Å². The fourth-order valence-electron chi connectivity index (χ4n) is 1.57. The van der Waals surface area contributed by atoms with Crippen LogP contribution in [-0.4, -0.2) is 43.8 Å². The molecule has 16 heavy (non-hydrogen) atoms. The van der Waals surface area contributed by atoms with Crippen LogP contribution in [0.1, 0.15) is 27.2 Å². The van der Waals surface area contributed by atoms with Crippen LogP contribution in [0.2, 0.25) is 0 Å². The van der Waals surface area contributed by atoms with Gasteiger partial charge in [0.05, 0.1) is 17.3 Å². The monoisotopic (exact) mass is 228 g/mol. The Morgan fingerprint density at radius 3 is 2.50 bits per heavy atom. The Morgan fingerprint density at radius 2 is 2.00 bits per heavy atom. The highest BCUT2D eigenvalue weighted by atomic mass is 16.3. The van der Waals surface area contributed by atoms with Gasteiger partial charge in [-0.25, -0.2) is 0 Å². The Labute approximate surface area is 95.5 Å². The van der Waals surface area contributed by atoms with E-state index in [1.807, 2.05) is 0 Å². The molecule has 0 aromatic carbocycles. The normalized spacial score (nSPS) is 36.6. The topological polar surface area (TPSA) is 80.9 Å². The van der Waals surface area contributed by atoms with E-state index in [0.717, 1.165) is 0 Å². The minimum absolute atomic E-state index is 0.0796. The Balaban J connectivity index is 2.87. The van der Waals surface area contributed by atoms with Gasteiger partial charge in [-0.15, -0.1) is 0 Å². The second kappa shape index (κ2) is 4.30. The summed E-state index contributed by atoms with van der Waals surface area (Å²) < 4.78 is 0. The van der Waals surface area contributed by atoms with Crippen molar-refractivity contribution in [2.24, 2.45) is 0 Å². The summed E-state index contributed by atoms with van der Waals surface area (Å²) >= 11 is 0. The molecular weight excluding hydrogens is 208 g/mol. The molecule has 4 N–H and O–H groups in total. The van der Waals surface area contributed by atoms with Gasteiger partial charge in [0.25, 0.3) is 0 Å². The molecule has 0 heterocycles. The molecule has 0 aliphatic heterocycles. The van der Waals surface area contributed by atoms with E-state index < -0.39 is 23.4 Å². The maximum atomic E-state index is 9.75. The van der Waals surface area contributed by atoms with Gasteiger partial charge < -0.3 is 20.4 Å². The van der Waals surface area contributed by atoms with Crippen molar-refractivity contribution in [3.63, 3.8) is 0 Å². The van der Waals surface area contributed by atoms with E-state index in [9.17, 15) is 20.4 Å². The van der Waals surface area contributed by atoms with E-state index in [1.54, 1.807) is 19.9 Å². The van der Waals surface area contributed by atoms with Crippen molar-refractivity contribution in [3.05, 3.63) is 23.8 Å². The van der Waals surface area contributed by atoms with Crippen LogP contribution in [0.4, 0.5) is 0 Å². The van der Waals surface area contributed by atoms with Crippen LogP contribution in [0.3, 0.4) is 0 Å². The van der Waals surface area contributed by atoms with Crippen molar-refractivity contribution in [1.82, 2.24) is 0 Å². The van der Waals surface area contributed by atoms with Gasteiger partial charge in [-0.05, 0) is 32.4 Å². The molecular formula is C12H20O4. The molecule has 0 aromatic rings. The summed E-state index contributed by atoms with van der Waals surface area (Å²) in [6.45, 7) is 4.71. The van der Waals surface area contributed by atoms with Crippen LogP contribution in [-0.2, 0) is 0 Å². The number of hydrogen-bond acceptors (Lipinski definition) is 4. The molecule has 1 rings (SSSR count). The molecule has 0 spiro atoms. The first-order valence-electron chi connectivity index (χ1n) is 5.34. The molecule has 0 amide bonds. The lowest BCUT2D eigenvalue weighted by molar-refractivity contribution is -0.0706. The smallest absolute Gasteiger partial charge is 0.101 e. The molecule has 92 valence electrons. The molecule has 1 aliphatic rings. The molecule has 0 unspecified atom stereocenters. The predicted molar refractivity (Wildman–Crippen MR) is 60.8 cm³/mol. The van der Waals surface area contributed by atoms with Crippen LogP contribution in [0, 0.1) is 0 Å². The summed E-state index contributed by atoms with van der Waals surface area (Å²) in [6.07, 6.45) is 2.78. The molecule has 0 bridgehead atoms. The lowest BCUT2D eigenvalue weighted by Gasteiger charge is -2.34. The molecule has 4 nitrogen and oxygen atoms in total. The molecule has 4 heteroatoms. The van der Waals surface area contributed by atoms with Gasteiger partial charge in [0.1, 0.15) is 6.10 Å². The fourth-order valence-corrected chi connectivity index (χ4v) is 1.57. The van der Waals surface area contributed by atoms with E-state index in [0.29, 0.717) is 5.57 Å². The lowest BCUT2D eigenvalue weighted by atomic mass is 9.82. The Kier molecular flexibility index (Phi) is 3.59. The molecule has 0 saturated heterocycles. The van der Waals surface area contributed by atoms with Gasteiger partial charge in [0.15, 0.2) is 0 Å². The zero-order valence-corrected chi connectivity index (χ0v) is 9.88. The van der Waals surface area contributed by atoms with Crippen LogP contribution in [0.25, 0.3) is 0 Å². The first-order valence-corrected chi connectivity index (χ1v) is 5.34. The summed E-state index contributed by atoms with van der Waals surface area (Å²) in [5.41, 5.74) is -1.75. The maximum Gasteiger partial charge on any atom is 0.101 e. The van der Waals surface area contributed by atoms with Crippen molar-refractivity contribution in [3.8, 4) is 0 Å². The van der Waals surface area contributed by atoms with E-state index in [4.69, 9.17) is 0 Å². The third kappa shape index (κ3) is 3.42. The Hall–Kier alpha value is -0.680. The number of hydrogen-bond donors (Lipinski definition) is 4. The second-order valence-electron chi connectivity index (χ2n) is 5.18. The first kappa shape index (κ1) is 13.4. The fraction of sp³-hybridized carbons (Fsp3) is 0.667. The minimum Gasteiger partial charge on any atom is -0.388 e. The van der Waals surface area contributed by atoms with Gasteiger partial charge in [-0.1, -0.05) is 12.2 Å². The summed E-state index contributed by atoms with van der Waals surface area (Å²) in [4.78, 5) is 0. The summed E-state index contributed by atoms with van der Waals surface area (Å²) in [5, 5.41) is 38.6. The van der Waals surface area contributed by atoms with E-state index in [-0.39, 0.29) is 6.42 Å². The van der Waals surface area contributed by atoms with Crippen LogP contribution in [0.5, 0.6) is 0 Å². The van der Waals surface area contributed by atoms with Gasteiger partial charge in [-0.2, -0.15) is 0 Å². The van der Waals surface area contributed by atoms with E-state index >= 15 is 0 Å². The molecule has 1 aliphatic carbocycles. The highest BCUT2D eigenvalue weighted by Gasteiger charge is 2.36.